The largest absolute Gasteiger partial charge is 2.00 e. The van der Waals surface area contributed by atoms with Crippen molar-refractivity contribution in [1.82, 2.24) is 0 Å². The van der Waals surface area contributed by atoms with Crippen LogP contribution in [0.25, 0.3) is 0 Å². The molecule has 2 atom stereocenters. The molecular formula is C8H8Cl2O3Pd. The van der Waals surface area contributed by atoms with Gasteiger partial charge in [-0.2, -0.15) is 0 Å². The van der Waals surface area contributed by atoms with Crippen LogP contribution in [0.2, 0.25) is 0 Å². The molecule has 0 spiro atoms. The van der Waals surface area contributed by atoms with Gasteiger partial charge in [-0.3, -0.25) is 9.59 Å². The van der Waals surface area contributed by atoms with E-state index >= 15 is 0 Å². The SMILES string of the molecule is O=C1OC(=O)C2CC=CCC12.[Cl-].[Cl-].[Pd+2]. The number of cyclic esters (lactones) is 2. The van der Waals surface area contributed by atoms with Crippen molar-refractivity contribution in [3.63, 3.8) is 0 Å². The average Bonchev–Trinajstić information content (AvgIpc) is 2.30. The number of esters is 2. The van der Waals surface area contributed by atoms with Crippen LogP contribution in [0.15, 0.2) is 12.2 Å². The summed E-state index contributed by atoms with van der Waals surface area (Å²) in [5, 5.41) is 0. The van der Waals surface area contributed by atoms with Gasteiger partial charge in [0.2, 0.25) is 0 Å². The second-order valence-electron chi connectivity index (χ2n) is 2.90. The molecule has 2 rings (SSSR count). The van der Waals surface area contributed by atoms with E-state index < -0.39 is 0 Å². The number of rotatable bonds is 0. The fourth-order valence-electron chi connectivity index (χ4n) is 1.59. The van der Waals surface area contributed by atoms with Crippen molar-refractivity contribution in [3.05, 3.63) is 12.2 Å². The molecule has 3 nitrogen and oxygen atoms in total. The molecule has 0 amide bonds. The van der Waals surface area contributed by atoms with Gasteiger partial charge in [-0.15, -0.1) is 0 Å². The van der Waals surface area contributed by atoms with Crippen LogP contribution in [0.3, 0.4) is 0 Å². The van der Waals surface area contributed by atoms with Crippen LogP contribution in [0.1, 0.15) is 12.8 Å². The summed E-state index contributed by atoms with van der Waals surface area (Å²) in [7, 11) is 0. The first-order valence-corrected chi connectivity index (χ1v) is 3.69. The van der Waals surface area contributed by atoms with Gasteiger partial charge in [0.05, 0.1) is 11.8 Å². The van der Waals surface area contributed by atoms with E-state index in [4.69, 9.17) is 0 Å². The third kappa shape index (κ3) is 2.80. The van der Waals surface area contributed by atoms with Crippen LogP contribution in [0, 0.1) is 11.8 Å². The molecule has 2 aliphatic rings. The Morgan fingerprint density at radius 2 is 1.36 bits per heavy atom. The summed E-state index contributed by atoms with van der Waals surface area (Å²) in [6, 6.07) is 0. The van der Waals surface area contributed by atoms with E-state index in [1.807, 2.05) is 12.2 Å². The number of carbonyl (C=O) groups is 2. The summed E-state index contributed by atoms with van der Waals surface area (Å²) in [6.45, 7) is 0. The monoisotopic (exact) mass is 328 g/mol. The minimum Gasteiger partial charge on any atom is -1.00 e. The number of ether oxygens (including phenoxy) is 1. The standard InChI is InChI=1S/C8H8O3.2ClH.Pd/c9-7-5-3-1-2-4-6(5)8(10)11-7;;;/h1-2,5-6H,3-4H2;2*1H;/q;;;+2/p-2. The van der Waals surface area contributed by atoms with Gasteiger partial charge in [-0.1, -0.05) is 12.2 Å². The van der Waals surface area contributed by atoms with Crippen molar-refractivity contribution >= 4 is 11.9 Å². The van der Waals surface area contributed by atoms with Crippen molar-refractivity contribution in [1.29, 1.82) is 0 Å². The topological polar surface area (TPSA) is 43.4 Å². The third-order valence-corrected chi connectivity index (χ3v) is 2.24. The van der Waals surface area contributed by atoms with Crippen LogP contribution in [-0.2, 0) is 34.7 Å². The van der Waals surface area contributed by atoms with Crippen molar-refractivity contribution < 1.29 is 59.6 Å². The fourth-order valence-corrected chi connectivity index (χ4v) is 1.59. The second-order valence-corrected chi connectivity index (χ2v) is 2.90. The van der Waals surface area contributed by atoms with Crippen molar-refractivity contribution in [2.24, 2.45) is 11.8 Å². The number of hydrogen-bond acceptors (Lipinski definition) is 3. The molecule has 1 saturated heterocycles. The van der Waals surface area contributed by atoms with Crippen LogP contribution in [0.4, 0.5) is 0 Å². The van der Waals surface area contributed by atoms with Crippen LogP contribution >= 0.6 is 0 Å². The molecule has 1 aliphatic carbocycles. The van der Waals surface area contributed by atoms with Crippen molar-refractivity contribution in [3.8, 4) is 0 Å². The molecule has 14 heavy (non-hydrogen) atoms. The Balaban J connectivity index is 0. The Bertz CT molecular complexity index is 231. The van der Waals surface area contributed by atoms with Gasteiger partial charge >= 0.3 is 32.4 Å². The molecule has 1 fully saturated rings. The molecule has 0 radical (unpaired) electrons. The fraction of sp³-hybridized carbons (Fsp3) is 0.500. The molecule has 2 unspecified atom stereocenters. The van der Waals surface area contributed by atoms with Gasteiger partial charge < -0.3 is 29.6 Å². The maximum atomic E-state index is 10.9. The Labute approximate surface area is 108 Å². The van der Waals surface area contributed by atoms with Crippen LogP contribution in [-0.4, -0.2) is 11.9 Å². The molecule has 0 bridgehead atoms. The van der Waals surface area contributed by atoms with E-state index in [0.29, 0.717) is 12.8 Å². The van der Waals surface area contributed by atoms with E-state index in [9.17, 15) is 9.59 Å². The van der Waals surface area contributed by atoms with Gasteiger partial charge in [-0.05, 0) is 12.8 Å². The predicted molar refractivity (Wildman–Crippen MR) is 36.5 cm³/mol. The smallest absolute Gasteiger partial charge is 1.00 e. The number of allylic oxidation sites excluding steroid dienone is 2. The van der Waals surface area contributed by atoms with Gasteiger partial charge in [0, 0.05) is 0 Å². The zero-order valence-electron chi connectivity index (χ0n) is 7.02. The van der Waals surface area contributed by atoms with E-state index in [-0.39, 0.29) is 69.0 Å². The maximum absolute atomic E-state index is 10.9. The summed E-state index contributed by atoms with van der Waals surface area (Å²) in [5.74, 6) is -1.06. The summed E-state index contributed by atoms with van der Waals surface area (Å²) in [5.41, 5.74) is 0. The summed E-state index contributed by atoms with van der Waals surface area (Å²) >= 11 is 0. The molecule has 0 aromatic carbocycles. The van der Waals surface area contributed by atoms with Gasteiger partial charge in [0.1, 0.15) is 0 Å². The summed E-state index contributed by atoms with van der Waals surface area (Å²) in [6.07, 6.45) is 5.19. The first kappa shape index (κ1) is 16.5. The van der Waals surface area contributed by atoms with E-state index in [1.165, 1.54) is 0 Å². The zero-order valence-corrected chi connectivity index (χ0v) is 10.1. The molecule has 0 aromatic heterocycles. The van der Waals surface area contributed by atoms with Gasteiger partial charge in [0.25, 0.3) is 0 Å². The minimum absolute atomic E-state index is 0. The van der Waals surface area contributed by atoms with Gasteiger partial charge in [0.15, 0.2) is 0 Å². The minimum atomic E-state index is -0.343. The van der Waals surface area contributed by atoms with Crippen molar-refractivity contribution in [2.45, 2.75) is 12.8 Å². The quantitative estimate of drug-likeness (QED) is 0.193. The number of hydrogen-bond donors (Lipinski definition) is 0. The second kappa shape index (κ2) is 6.58. The third-order valence-electron chi connectivity index (χ3n) is 2.24. The molecule has 0 N–H and O–H groups in total. The van der Waals surface area contributed by atoms with Crippen LogP contribution in [0.5, 0.6) is 0 Å². The molecule has 1 heterocycles. The molecule has 0 saturated carbocycles. The van der Waals surface area contributed by atoms with Crippen molar-refractivity contribution in [2.75, 3.05) is 0 Å². The first-order valence-electron chi connectivity index (χ1n) is 3.69. The molecular weight excluding hydrogens is 321 g/mol. The Morgan fingerprint density at radius 1 is 1.00 bits per heavy atom. The van der Waals surface area contributed by atoms with E-state index in [2.05, 4.69) is 4.74 Å². The maximum Gasteiger partial charge on any atom is 2.00 e. The van der Waals surface area contributed by atoms with Crippen LogP contribution < -0.4 is 24.8 Å². The number of fused-ring (bicyclic) bond motifs is 1. The Morgan fingerprint density at radius 3 is 1.71 bits per heavy atom. The first-order chi connectivity index (χ1) is 5.29. The molecule has 0 aromatic rings. The number of halogens is 2. The Hall–Kier alpha value is 0.122. The Kier molecular flexibility index (Phi) is 7.77. The zero-order chi connectivity index (χ0) is 7.84. The molecule has 82 valence electrons. The summed E-state index contributed by atoms with van der Waals surface area (Å²) < 4.78 is 4.49. The number of carbonyl (C=O) groups excluding carboxylic acids is 2. The van der Waals surface area contributed by atoms with Gasteiger partial charge in [-0.25, -0.2) is 0 Å². The average molecular weight is 329 g/mol. The van der Waals surface area contributed by atoms with E-state index in [0.717, 1.165) is 0 Å². The predicted octanol–water partition coefficient (Wildman–Crippen LogP) is -5.34. The molecule has 1 aliphatic heterocycles. The summed E-state index contributed by atoms with van der Waals surface area (Å²) in [4.78, 5) is 21.9. The molecule has 6 heteroatoms. The normalized spacial score (nSPS) is 27.7. The van der Waals surface area contributed by atoms with E-state index in [1.54, 1.807) is 0 Å².